The Kier molecular flexibility index (Phi) is 6.82. The number of hydrogen-bond acceptors (Lipinski definition) is 2. The maximum Gasteiger partial charge on any atom is 0.221 e. The van der Waals surface area contributed by atoms with Gasteiger partial charge in [-0.05, 0) is 67.4 Å². The first kappa shape index (κ1) is 22.0. The Morgan fingerprint density at radius 2 is 1.72 bits per heavy atom. The molecule has 1 atom stereocenters. The fourth-order valence-corrected chi connectivity index (χ4v) is 4.58. The smallest absolute Gasteiger partial charge is 0.221 e. The SMILES string of the molecule is CC(CC(=O)NCc1cc(Cl)cc(Cl)c1)(c1ccc(F)cc1)C1(F)CCNCC1. The van der Waals surface area contributed by atoms with Crippen molar-refractivity contribution in [2.75, 3.05) is 13.1 Å². The third kappa shape index (κ3) is 5.08. The molecule has 1 aliphatic heterocycles. The van der Waals surface area contributed by atoms with Gasteiger partial charge in [0.1, 0.15) is 11.5 Å². The number of carbonyl (C=O) groups is 1. The van der Waals surface area contributed by atoms with Crippen LogP contribution in [-0.2, 0) is 16.8 Å². The Bertz CT molecular complexity index is 849. The number of hydrogen-bond donors (Lipinski definition) is 2. The summed E-state index contributed by atoms with van der Waals surface area (Å²) in [6.45, 7) is 3.06. The molecule has 2 aromatic rings. The first-order valence-corrected chi connectivity index (χ1v) is 10.3. The van der Waals surface area contributed by atoms with E-state index >= 15 is 4.39 Å². The van der Waals surface area contributed by atoms with Crippen LogP contribution in [0.5, 0.6) is 0 Å². The number of rotatable bonds is 6. The van der Waals surface area contributed by atoms with Crippen LogP contribution in [-0.4, -0.2) is 24.7 Å². The van der Waals surface area contributed by atoms with E-state index in [2.05, 4.69) is 10.6 Å². The Hall–Kier alpha value is -1.69. The number of carbonyl (C=O) groups excluding carboxylic acids is 1. The summed E-state index contributed by atoms with van der Waals surface area (Å²) in [7, 11) is 0. The molecule has 3 nitrogen and oxygen atoms in total. The largest absolute Gasteiger partial charge is 0.352 e. The van der Waals surface area contributed by atoms with Gasteiger partial charge in [-0.15, -0.1) is 0 Å². The molecule has 0 spiro atoms. The van der Waals surface area contributed by atoms with Crippen LogP contribution in [0.4, 0.5) is 8.78 Å². The quantitative estimate of drug-likeness (QED) is 0.648. The molecule has 1 saturated heterocycles. The molecule has 3 rings (SSSR count). The topological polar surface area (TPSA) is 41.1 Å². The van der Waals surface area contributed by atoms with E-state index in [-0.39, 0.29) is 31.7 Å². The summed E-state index contributed by atoms with van der Waals surface area (Å²) < 4.78 is 29.5. The number of benzene rings is 2. The molecule has 0 radical (unpaired) electrons. The molecule has 29 heavy (non-hydrogen) atoms. The second-order valence-electron chi connectivity index (χ2n) is 7.79. The minimum atomic E-state index is -1.58. The van der Waals surface area contributed by atoms with Crippen molar-refractivity contribution in [2.24, 2.45) is 0 Å². The summed E-state index contributed by atoms with van der Waals surface area (Å²) in [5.74, 6) is -0.680. The lowest BCUT2D eigenvalue weighted by Gasteiger charge is -2.45. The van der Waals surface area contributed by atoms with Crippen molar-refractivity contribution in [3.8, 4) is 0 Å². The van der Waals surface area contributed by atoms with Crippen LogP contribution in [0.2, 0.25) is 10.0 Å². The number of amides is 1. The number of nitrogens with one attached hydrogen (secondary N) is 2. The van der Waals surface area contributed by atoms with Crippen molar-refractivity contribution in [1.29, 1.82) is 0 Å². The zero-order valence-corrected chi connectivity index (χ0v) is 17.7. The number of alkyl halides is 1. The highest BCUT2D eigenvalue weighted by molar-refractivity contribution is 6.34. The van der Waals surface area contributed by atoms with E-state index in [1.54, 1.807) is 37.3 Å². The van der Waals surface area contributed by atoms with Crippen molar-refractivity contribution in [1.82, 2.24) is 10.6 Å². The highest BCUT2D eigenvalue weighted by atomic mass is 35.5. The highest BCUT2D eigenvalue weighted by Gasteiger charge is 2.51. The molecule has 1 aliphatic rings. The third-order valence-corrected chi connectivity index (χ3v) is 6.23. The van der Waals surface area contributed by atoms with Crippen molar-refractivity contribution in [3.63, 3.8) is 0 Å². The van der Waals surface area contributed by atoms with Crippen molar-refractivity contribution in [3.05, 3.63) is 69.5 Å². The second kappa shape index (κ2) is 8.99. The van der Waals surface area contributed by atoms with Crippen LogP contribution < -0.4 is 10.6 Å². The first-order chi connectivity index (χ1) is 13.7. The Morgan fingerprint density at radius 1 is 1.14 bits per heavy atom. The van der Waals surface area contributed by atoms with Crippen molar-refractivity contribution in [2.45, 2.75) is 43.8 Å². The van der Waals surface area contributed by atoms with Crippen LogP contribution in [0.15, 0.2) is 42.5 Å². The highest BCUT2D eigenvalue weighted by Crippen LogP contribution is 2.46. The second-order valence-corrected chi connectivity index (χ2v) is 8.66. The first-order valence-electron chi connectivity index (χ1n) is 9.59. The molecule has 156 valence electrons. The van der Waals surface area contributed by atoms with Crippen molar-refractivity contribution >= 4 is 29.1 Å². The Balaban J connectivity index is 1.80. The predicted octanol–water partition coefficient (Wildman–Crippen LogP) is 5.19. The fraction of sp³-hybridized carbons (Fsp3) is 0.409. The Morgan fingerprint density at radius 3 is 2.31 bits per heavy atom. The van der Waals surface area contributed by atoms with Gasteiger partial charge in [0, 0.05) is 28.4 Å². The molecule has 1 amide bonds. The lowest BCUT2D eigenvalue weighted by molar-refractivity contribution is -0.124. The van der Waals surface area contributed by atoms with Crippen LogP contribution in [0.1, 0.15) is 37.3 Å². The van der Waals surface area contributed by atoms with E-state index < -0.39 is 16.9 Å². The minimum Gasteiger partial charge on any atom is -0.352 e. The molecule has 2 N–H and O–H groups in total. The normalized spacial score (nSPS) is 18.1. The molecule has 0 saturated carbocycles. The van der Waals surface area contributed by atoms with Gasteiger partial charge >= 0.3 is 0 Å². The van der Waals surface area contributed by atoms with Crippen LogP contribution in [0.3, 0.4) is 0 Å². The summed E-state index contributed by atoms with van der Waals surface area (Å²) in [5, 5.41) is 6.96. The van der Waals surface area contributed by atoms with Gasteiger partial charge in [0.05, 0.1) is 0 Å². The van der Waals surface area contributed by atoms with E-state index in [0.717, 1.165) is 5.56 Å². The van der Waals surface area contributed by atoms with Gasteiger partial charge in [-0.2, -0.15) is 0 Å². The van der Waals surface area contributed by atoms with Gasteiger partial charge in [-0.1, -0.05) is 42.3 Å². The summed E-state index contributed by atoms with van der Waals surface area (Å²) in [6.07, 6.45) is 0.527. The molecule has 0 aromatic heterocycles. The molecule has 0 aliphatic carbocycles. The van der Waals surface area contributed by atoms with Gasteiger partial charge in [-0.25, -0.2) is 8.78 Å². The monoisotopic (exact) mass is 440 g/mol. The average Bonchev–Trinajstić information content (AvgIpc) is 2.66. The lowest BCUT2D eigenvalue weighted by Crippen LogP contribution is -2.54. The fourth-order valence-electron chi connectivity index (χ4n) is 4.01. The zero-order valence-electron chi connectivity index (χ0n) is 16.2. The van der Waals surface area contributed by atoms with Gasteiger partial charge < -0.3 is 10.6 Å². The number of piperidine rings is 1. The molecule has 1 fully saturated rings. The summed E-state index contributed by atoms with van der Waals surface area (Å²) in [6, 6.07) is 10.8. The van der Waals surface area contributed by atoms with Gasteiger partial charge in [0.15, 0.2) is 0 Å². The van der Waals surface area contributed by atoms with E-state index in [0.29, 0.717) is 28.7 Å². The van der Waals surface area contributed by atoms with E-state index in [9.17, 15) is 9.18 Å². The zero-order chi connectivity index (χ0) is 21.1. The van der Waals surface area contributed by atoms with Crippen LogP contribution in [0, 0.1) is 5.82 Å². The average molecular weight is 441 g/mol. The molecular formula is C22H24Cl2F2N2O. The van der Waals surface area contributed by atoms with Gasteiger partial charge in [0.25, 0.3) is 0 Å². The minimum absolute atomic E-state index is 0.0522. The summed E-state index contributed by atoms with van der Waals surface area (Å²) in [5.41, 5.74) is -1.29. The third-order valence-electron chi connectivity index (χ3n) is 5.79. The molecule has 7 heteroatoms. The van der Waals surface area contributed by atoms with Crippen LogP contribution >= 0.6 is 23.2 Å². The molecule has 1 heterocycles. The lowest BCUT2D eigenvalue weighted by atomic mass is 9.64. The molecule has 2 aromatic carbocycles. The van der Waals surface area contributed by atoms with Gasteiger partial charge in [0.2, 0.25) is 5.91 Å². The molecule has 1 unspecified atom stereocenters. The maximum atomic E-state index is 16.1. The van der Waals surface area contributed by atoms with Crippen molar-refractivity contribution < 1.29 is 13.6 Å². The summed E-state index contributed by atoms with van der Waals surface area (Å²) >= 11 is 12.0. The van der Waals surface area contributed by atoms with E-state index in [1.807, 2.05) is 0 Å². The maximum absolute atomic E-state index is 16.1. The molecule has 0 bridgehead atoms. The van der Waals surface area contributed by atoms with Gasteiger partial charge in [-0.3, -0.25) is 4.79 Å². The molecular weight excluding hydrogens is 417 g/mol. The Labute approximate surface area is 179 Å². The number of halogens is 4. The predicted molar refractivity (Wildman–Crippen MR) is 113 cm³/mol. The van der Waals surface area contributed by atoms with Crippen LogP contribution in [0.25, 0.3) is 0 Å². The standard InChI is InChI=1S/C22H24Cl2F2N2O/c1-21(16-2-4-19(25)5-3-16,22(26)6-8-27-9-7-22)13-20(29)28-14-15-10-17(23)12-18(24)11-15/h2-5,10-12,27H,6-9,13-14H2,1H3,(H,28,29). The van der Waals surface area contributed by atoms with E-state index in [1.165, 1.54) is 12.1 Å². The van der Waals surface area contributed by atoms with E-state index in [4.69, 9.17) is 23.2 Å². The summed E-state index contributed by atoms with van der Waals surface area (Å²) in [4.78, 5) is 12.8.